The fourth-order valence-electron chi connectivity index (χ4n) is 5.74. The quantitative estimate of drug-likeness (QED) is 0.156. The van der Waals surface area contributed by atoms with Gasteiger partial charge in [-0.1, -0.05) is 69.5 Å². The van der Waals surface area contributed by atoms with Crippen molar-refractivity contribution in [2.45, 2.75) is 96.4 Å². The van der Waals surface area contributed by atoms with Crippen molar-refractivity contribution in [1.82, 2.24) is 15.5 Å². The summed E-state index contributed by atoms with van der Waals surface area (Å²) < 4.78 is 32.9. The Morgan fingerprint density at radius 2 is 1.82 bits per heavy atom. The molecule has 1 atom stereocenters. The van der Waals surface area contributed by atoms with Crippen LogP contribution in [0, 0.1) is 24.5 Å². The highest BCUT2D eigenvalue weighted by Crippen LogP contribution is 2.29. The Labute approximate surface area is 259 Å². The van der Waals surface area contributed by atoms with Gasteiger partial charge in [0.05, 0.1) is 11.1 Å². The van der Waals surface area contributed by atoms with Crippen molar-refractivity contribution < 1.29 is 22.9 Å². The van der Waals surface area contributed by atoms with Crippen molar-refractivity contribution in [2.24, 2.45) is 5.92 Å². The number of nitrogens with zero attached hydrogens (tertiary/aromatic N) is 2. The zero-order valence-electron chi connectivity index (χ0n) is 26.2. The Morgan fingerprint density at radius 1 is 1.05 bits per heavy atom. The van der Waals surface area contributed by atoms with Gasteiger partial charge in [-0.2, -0.15) is 0 Å². The third kappa shape index (κ3) is 8.80. The second-order valence-corrected chi connectivity index (χ2v) is 12.6. The number of carbonyl (C=O) groups is 2. The molecule has 6 nitrogen and oxygen atoms in total. The number of ketones is 1. The molecule has 1 aromatic carbocycles. The average molecular weight is 604 g/mol. The van der Waals surface area contributed by atoms with Crippen LogP contribution in [0.1, 0.15) is 100 Å². The summed E-state index contributed by atoms with van der Waals surface area (Å²) in [5, 5.41) is 6.91. The lowest BCUT2D eigenvalue weighted by molar-refractivity contribution is -0.116. The molecule has 1 amide bonds. The van der Waals surface area contributed by atoms with Gasteiger partial charge in [-0.05, 0) is 75.3 Å². The van der Waals surface area contributed by atoms with Gasteiger partial charge in [0, 0.05) is 35.4 Å². The summed E-state index contributed by atoms with van der Waals surface area (Å²) in [6.07, 6.45) is 15.5. The predicted molar refractivity (Wildman–Crippen MR) is 168 cm³/mol. The summed E-state index contributed by atoms with van der Waals surface area (Å²) in [6.45, 7) is 8.10. The van der Waals surface area contributed by atoms with E-state index in [4.69, 9.17) is 4.52 Å². The van der Waals surface area contributed by atoms with Crippen molar-refractivity contribution in [3.63, 3.8) is 0 Å². The number of allylic oxidation sites excluding steroid dienone is 3. The molecular weight excluding hydrogens is 560 g/mol. The number of pyridine rings is 1. The number of rotatable bonds is 13. The van der Waals surface area contributed by atoms with Crippen molar-refractivity contribution in [3.05, 3.63) is 95.5 Å². The minimum Gasteiger partial charge on any atom is -0.355 e. The number of nitrogens with one attached hydrogen (secondary N) is 1. The molecule has 2 aromatic heterocycles. The molecule has 234 valence electrons. The van der Waals surface area contributed by atoms with Crippen molar-refractivity contribution in [3.8, 4) is 11.3 Å². The maximum atomic E-state index is 14.3. The van der Waals surface area contributed by atoms with Crippen LogP contribution in [-0.2, 0) is 10.2 Å². The summed E-state index contributed by atoms with van der Waals surface area (Å²) >= 11 is 0. The lowest BCUT2D eigenvalue weighted by atomic mass is 9.83. The maximum Gasteiger partial charge on any atom is 0.273 e. The van der Waals surface area contributed by atoms with Gasteiger partial charge < -0.3 is 9.84 Å². The third-order valence-corrected chi connectivity index (χ3v) is 8.59. The molecule has 1 N–H and O–H groups in total. The number of hydrogen-bond donors (Lipinski definition) is 1. The molecule has 0 bridgehead atoms. The van der Waals surface area contributed by atoms with Crippen LogP contribution in [0.25, 0.3) is 11.3 Å². The third-order valence-electron chi connectivity index (χ3n) is 8.59. The first-order valence-corrected chi connectivity index (χ1v) is 15.5. The van der Waals surface area contributed by atoms with E-state index >= 15 is 0 Å². The summed E-state index contributed by atoms with van der Waals surface area (Å²) in [6, 6.07) is 10.4. The van der Waals surface area contributed by atoms with E-state index in [1.54, 1.807) is 6.08 Å². The van der Waals surface area contributed by atoms with E-state index < -0.39 is 23.1 Å². The highest BCUT2D eigenvalue weighted by atomic mass is 19.1. The Kier molecular flexibility index (Phi) is 11.0. The molecule has 2 heterocycles. The number of halogens is 2. The number of aryl methyl sites for hydroxylation is 1. The second kappa shape index (κ2) is 14.7. The summed E-state index contributed by atoms with van der Waals surface area (Å²) in [5.74, 6) is -1.64. The SMILES string of the molecule is CCC(C/C=C/C1CCCCC1)(CC(=O)/C=C/CC(C)(C)c1cccc(C)n1)NC(=O)c1cc(-c2ccc(F)cc2F)on1. The molecule has 1 aliphatic carbocycles. The Morgan fingerprint density at radius 3 is 2.52 bits per heavy atom. The molecule has 4 rings (SSSR count). The van der Waals surface area contributed by atoms with Crippen LogP contribution in [0.2, 0.25) is 0 Å². The Bertz CT molecular complexity index is 1500. The molecule has 1 fully saturated rings. The van der Waals surface area contributed by atoms with Crippen LogP contribution in [0.15, 0.2) is 71.3 Å². The number of carbonyl (C=O) groups excluding carboxylic acids is 2. The summed E-state index contributed by atoms with van der Waals surface area (Å²) in [5.41, 5.74) is 0.744. The first kappa shape index (κ1) is 33.0. The number of hydrogen-bond acceptors (Lipinski definition) is 5. The van der Waals surface area contributed by atoms with E-state index in [1.165, 1.54) is 31.4 Å². The molecule has 1 unspecified atom stereocenters. The van der Waals surface area contributed by atoms with E-state index in [9.17, 15) is 18.4 Å². The normalized spacial score (nSPS) is 16.0. The number of aromatic nitrogens is 2. The molecular formula is C36H43F2N3O3. The zero-order chi connectivity index (χ0) is 31.7. The van der Waals surface area contributed by atoms with E-state index in [-0.39, 0.29) is 34.6 Å². The van der Waals surface area contributed by atoms with Crippen LogP contribution < -0.4 is 5.32 Å². The number of benzene rings is 1. The van der Waals surface area contributed by atoms with Gasteiger partial charge in [-0.15, -0.1) is 0 Å². The summed E-state index contributed by atoms with van der Waals surface area (Å²) in [4.78, 5) is 31.4. The molecule has 0 spiro atoms. The van der Waals surface area contributed by atoms with Crippen LogP contribution in [0.3, 0.4) is 0 Å². The lowest BCUT2D eigenvalue weighted by Crippen LogP contribution is -2.49. The molecule has 0 saturated heterocycles. The fraction of sp³-hybridized carbons (Fsp3) is 0.444. The molecule has 44 heavy (non-hydrogen) atoms. The van der Waals surface area contributed by atoms with Crippen molar-refractivity contribution in [2.75, 3.05) is 0 Å². The standard InChI is InChI=1S/C36H43F2N3O3/c1-5-36(21-10-15-26-13-7-6-8-14-26,24-28(42)16-11-20-35(3,4)33-17-9-12-25(2)39-33)40-34(43)31-23-32(44-41-31)29-19-18-27(37)22-30(29)38/h9-12,15-19,22-23,26H,5-8,13-14,20-21,24H2,1-4H3,(H,40,43)/b15-10+,16-11+. The average Bonchev–Trinajstić information content (AvgIpc) is 3.48. The largest absolute Gasteiger partial charge is 0.355 e. The first-order valence-electron chi connectivity index (χ1n) is 15.5. The van der Waals surface area contributed by atoms with Gasteiger partial charge in [0.2, 0.25) is 0 Å². The maximum absolute atomic E-state index is 14.3. The van der Waals surface area contributed by atoms with E-state index in [0.717, 1.165) is 36.4 Å². The van der Waals surface area contributed by atoms with Crippen molar-refractivity contribution >= 4 is 11.7 Å². The summed E-state index contributed by atoms with van der Waals surface area (Å²) in [7, 11) is 0. The van der Waals surface area contributed by atoms with Crippen LogP contribution >= 0.6 is 0 Å². The smallest absolute Gasteiger partial charge is 0.273 e. The minimum atomic E-state index is -0.864. The molecule has 1 saturated carbocycles. The highest BCUT2D eigenvalue weighted by molar-refractivity contribution is 5.95. The molecule has 0 aliphatic heterocycles. The molecule has 3 aromatic rings. The predicted octanol–water partition coefficient (Wildman–Crippen LogP) is 8.61. The van der Waals surface area contributed by atoms with Gasteiger partial charge in [0.15, 0.2) is 17.2 Å². The van der Waals surface area contributed by atoms with Gasteiger partial charge >= 0.3 is 0 Å². The van der Waals surface area contributed by atoms with E-state index in [2.05, 4.69) is 41.5 Å². The van der Waals surface area contributed by atoms with Gasteiger partial charge in [-0.3, -0.25) is 14.6 Å². The van der Waals surface area contributed by atoms with Crippen LogP contribution in [0.5, 0.6) is 0 Å². The van der Waals surface area contributed by atoms with Crippen molar-refractivity contribution in [1.29, 1.82) is 0 Å². The monoisotopic (exact) mass is 603 g/mol. The topological polar surface area (TPSA) is 85.1 Å². The highest BCUT2D eigenvalue weighted by Gasteiger charge is 2.33. The van der Waals surface area contributed by atoms with Crippen LogP contribution in [-0.4, -0.2) is 27.4 Å². The molecule has 8 heteroatoms. The number of amides is 1. The fourth-order valence-corrected chi connectivity index (χ4v) is 5.74. The Hall–Kier alpha value is -3.94. The van der Waals surface area contributed by atoms with E-state index in [0.29, 0.717) is 25.2 Å². The minimum absolute atomic E-state index is 0.000720. The van der Waals surface area contributed by atoms with Gasteiger partial charge in [0.1, 0.15) is 11.6 Å². The van der Waals surface area contributed by atoms with Gasteiger partial charge in [-0.25, -0.2) is 8.78 Å². The molecule has 1 aliphatic rings. The lowest BCUT2D eigenvalue weighted by Gasteiger charge is -2.32. The van der Waals surface area contributed by atoms with E-state index in [1.807, 2.05) is 38.1 Å². The zero-order valence-corrected chi connectivity index (χ0v) is 26.2. The molecule has 0 radical (unpaired) electrons. The van der Waals surface area contributed by atoms with Gasteiger partial charge in [0.25, 0.3) is 5.91 Å². The Balaban J connectivity index is 1.50. The first-order chi connectivity index (χ1) is 21.0. The van der Waals surface area contributed by atoms with Crippen LogP contribution in [0.4, 0.5) is 8.78 Å². The second-order valence-electron chi connectivity index (χ2n) is 12.6.